The summed E-state index contributed by atoms with van der Waals surface area (Å²) in [7, 11) is -1.86. The molecule has 0 N–H and O–H groups in total. The van der Waals surface area contributed by atoms with E-state index in [0.717, 1.165) is 0 Å². The third-order valence-electron chi connectivity index (χ3n) is 3.84. The van der Waals surface area contributed by atoms with Gasteiger partial charge in [0.15, 0.2) is 14.1 Å². The van der Waals surface area contributed by atoms with Gasteiger partial charge in [-0.05, 0) is 24.2 Å². The van der Waals surface area contributed by atoms with Crippen molar-refractivity contribution in [2.75, 3.05) is 6.61 Å². The Morgan fingerprint density at radius 1 is 1.42 bits per heavy atom. The minimum atomic E-state index is -1.86. The SMILES string of the molecule is CC(=O)O[C@H]1C=C(CO[Si](C)(C)C(C)(C)C)C(=O)C1. The number of ether oxygens (including phenoxy) is 1. The van der Waals surface area contributed by atoms with Gasteiger partial charge in [0.25, 0.3) is 0 Å². The summed E-state index contributed by atoms with van der Waals surface area (Å²) in [6, 6.07) is 0. The highest BCUT2D eigenvalue weighted by Gasteiger charge is 2.38. The molecule has 0 aromatic heterocycles. The van der Waals surface area contributed by atoms with E-state index in [4.69, 9.17) is 9.16 Å². The Hall–Kier alpha value is -0.943. The fourth-order valence-electron chi connectivity index (χ4n) is 1.58. The Morgan fingerprint density at radius 3 is 2.47 bits per heavy atom. The summed E-state index contributed by atoms with van der Waals surface area (Å²) in [4.78, 5) is 22.7. The predicted molar refractivity (Wildman–Crippen MR) is 76.4 cm³/mol. The summed E-state index contributed by atoms with van der Waals surface area (Å²) in [6.45, 7) is 12.5. The number of hydrogen-bond acceptors (Lipinski definition) is 4. The first kappa shape index (κ1) is 16.1. The number of ketones is 1. The van der Waals surface area contributed by atoms with Crippen LogP contribution in [0.2, 0.25) is 18.1 Å². The van der Waals surface area contributed by atoms with E-state index in [-0.39, 0.29) is 23.2 Å². The summed E-state index contributed by atoms with van der Waals surface area (Å²) in [5.41, 5.74) is 0.635. The second-order valence-electron chi connectivity index (χ2n) is 6.52. The fourth-order valence-corrected chi connectivity index (χ4v) is 2.53. The van der Waals surface area contributed by atoms with Gasteiger partial charge in [0, 0.05) is 12.5 Å². The second-order valence-corrected chi connectivity index (χ2v) is 11.3. The fraction of sp³-hybridized carbons (Fsp3) is 0.714. The van der Waals surface area contributed by atoms with Gasteiger partial charge in [0.1, 0.15) is 6.10 Å². The molecule has 0 unspecified atom stereocenters. The molecule has 1 aliphatic carbocycles. The number of carbonyl (C=O) groups is 2. The second kappa shape index (κ2) is 5.59. The molecule has 1 aliphatic rings. The molecule has 0 fully saturated rings. The van der Waals surface area contributed by atoms with E-state index in [0.29, 0.717) is 12.2 Å². The van der Waals surface area contributed by atoms with Gasteiger partial charge in [-0.2, -0.15) is 0 Å². The van der Waals surface area contributed by atoms with Gasteiger partial charge in [-0.1, -0.05) is 20.8 Å². The smallest absolute Gasteiger partial charge is 0.303 e. The Bertz CT molecular complexity index is 404. The highest BCUT2D eigenvalue weighted by Crippen LogP contribution is 2.37. The van der Waals surface area contributed by atoms with Crippen LogP contribution in [-0.4, -0.2) is 32.8 Å². The third kappa shape index (κ3) is 4.28. The van der Waals surface area contributed by atoms with Gasteiger partial charge in [0.05, 0.1) is 13.0 Å². The lowest BCUT2D eigenvalue weighted by molar-refractivity contribution is -0.144. The molecule has 0 aliphatic heterocycles. The van der Waals surface area contributed by atoms with Crippen LogP contribution in [0.4, 0.5) is 0 Å². The van der Waals surface area contributed by atoms with Gasteiger partial charge in [-0.25, -0.2) is 0 Å². The normalized spacial score (nSPS) is 20.4. The van der Waals surface area contributed by atoms with Crippen LogP contribution in [0.5, 0.6) is 0 Å². The molecule has 108 valence electrons. The summed E-state index contributed by atoms with van der Waals surface area (Å²) >= 11 is 0. The van der Waals surface area contributed by atoms with E-state index < -0.39 is 14.4 Å². The minimum absolute atomic E-state index is 0.0185. The van der Waals surface area contributed by atoms with Crippen molar-refractivity contribution in [1.82, 2.24) is 0 Å². The van der Waals surface area contributed by atoms with Crippen molar-refractivity contribution in [1.29, 1.82) is 0 Å². The van der Waals surface area contributed by atoms with Crippen LogP contribution >= 0.6 is 0 Å². The lowest BCUT2D eigenvalue weighted by atomic mass is 10.2. The molecule has 1 atom stereocenters. The van der Waals surface area contributed by atoms with Crippen molar-refractivity contribution >= 4 is 20.1 Å². The van der Waals surface area contributed by atoms with Gasteiger partial charge in [0.2, 0.25) is 0 Å². The van der Waals surface area contributed by atoms with Crippen LogP contribution in [0.3, 0.4) is 0 Å². The number of hydrogen-bond donors (Lipinski definition) is 0. The molecule has 4 nitrogen and oxygen atoms in total. The first-order valence-corrected chi connectivity index (χ1v) is 9.49. The van der Waals surface area contributed by atoms with Gasteiger partial charge < -0.3 is 9.16 Å². The Kier molecular flexibility index (Phi) is 4.74. The molecule has 0 saturated heterocycles. The summed E-state index contributed by atoms with van der Waals surface area (Å²) < 4.78 is 11.0. The molecule has 5 heteroatoms. The van der Waals surface area contributed by atoms with Crippen LogP contribution in [0.1, 0.15) is 34.1 Å². The molecule has 0 amide bonds. The molecule has 19 heavy (non-hydrogen) atoms. The van der Waals surface area contributed by atoms with E-state index in [1.165, 1.54) is 6.92 Å². The zero-order chi connectivity index (χ0) is 14.8. The van der Waals surface area contributed by atoms with Crippen molar-refractivity contribution in [2.45, 2.75) is 58.4 Å². The van der Waals surface area contributed by atoms with E-state index >= 15 is 0 Å². The lowest BCUT2D eigenvalue weighted by Gasteiger charge is -2.36. The third-order valence-corrected chi connectivity index (χ3v) is 8.32. The molecule has 0 heterocycles. The number of carbonyl (C=O) groups excluding carboxylic acids is 2. The van der Waals surface area contributed by atoms with Crippen molar-refractivity contribution in [2.24, 2.45) is 0 Å². The molecule has 0 bridgehead atoms. The maximum Gasteiger partial charge on any atom is 0.303 e. The van der Waals surface area contributed by atoms with Crippen molar-refractivity contribution < 1.29 is 18.8 Å². The van der Waals surface area contributed by atoms with Crippen molar-refractivity contribution in [3.63, 3.8) is 0 Å². The van der Waals surface area contributed by atoms with Crippen LogP contribution in [0.25, 0.3) is 0 Å². The number of Topliss-reactive ketones (excluding diaryl/α,β-unsaturated/α-hetero) is 1. The van der Waals surface area contributed by atoms with E-state index in [1.807, 2.05) is 0 Å². The Balaban J connectivity index is 2.63. The van der Waals surface area contributed by atoms with Gasteiger partial charge in [-0.3, -0.25) is 9.59 Å². The van der Waals surface area contributed by atoms with Crippen LogP contribution in [-0.2, 0) is 18.8 Å². The van der Waals surface area contributed by atoms with E-state index in [9.17, 15) is 9.59 Å². The molecule has 0 radical (unpaired) electrons. The summed E-state index contributed by atoms with van der Waals surface area (Å²) in [5.74, 6) is -0.342. The average Bonchev–Trinajstić information content (AvgIpc) is 2.53. The standard InChI is InChI=1S/C14H24O4Si/c1-10(15)18-12-7-11(13(16)8-12)9-17-19(5,6)14(2,3)4/h7,12H,8-9H2,1-6H3/t12-/m0/s1. The molecule has 0 saturated carbocycles. The van der Waals surface area contributed by atoms with Gasteiger partial charge >= 0.3 is 5.97 Å². The summed E-state index contributed by atoms with van der Waals surface area (Å²) in [5, 5.41) is 0.116. The van der Waals surface area contributed by atoms with Crippen LogP contribution in [0.15, 0.2) is 11.6 Å². The summed E-state index contributed by atoms with van der Waals surface area (Å²) in [6.07, 6.45) is 1.55. The zero-order valence-corrected chi connectivity index (χ0v) is 13.7. The van der Waals surface area contributed by atoms with Crippen molar-refractivity contribution in [3.05, 3.63) is 11.6 Å². The largest absolute Gasteiger partial charge is 0.458 e. The maximum atomic E-state index is 11.8. The highest BCUT2D eigenvalue weighted by molar-refractivity contribution is 6.74. The molecular formula is C14H24O4Si. The number of esters is 1. The van der Waals surface area contributed by atoms with Gasteiger partial charge in [-0.15, -0.1) is 0 Å². The first-order valence-electron chi connectivity index (χ1n) is 6.58. The molecule has 0 spiro atoms. The quantitative estimate of drug-likeness (QED) is 0.588. The average molecular weight is 284 g/mol. The zero-order valence-electron chi connectivity index (χ0n) is 12.7. The van der Waals surface area contributed by atoms with E-state index in [1.54, 1.807) is 6.08 Å². The molecule has 0 aromatic carbocycles. The predicted octanol–water partition coefficient (Wildman–Crippen LogP) is 2.84. The minimum Gasteiger partial charge on any atom is -0.458 e. The van der Waals surface area contributed by atoms with Crippen molar-refractivity contribution in [3.8, 4) is 0 Å². The molecule has 0 aromatic rings. The maximum absolute atomic E-state index is 11.8. The monoisotopic (exact) mass is 284 g/mol. The Morgan fingerprint density at radius 2 is 2.00 bits per heavy atom. The van der Waals surface area contributed by atoms with Crippen LogP contribution in [0, 0.1) is 0 Å². The Labute approximate surface area is 116 Å². The van der Waals surface area contributed by atoms with E-state index in [2.05, 4.69) is 33.9 Å². The molecular weight excluding hydrogens is 260 g/mol. The molecule has 1 rings (SSSR count). The number of rotatable bonds is 4. The topological polar surface area (TPSA) is 52.6 Å². The first-order chi connectivity index (χ1) is 8.53. The lowest BCUT2D eigenvalue weighted by Crippen LogP contribution is -2.41. The highest BCUT2D eigenvalue weighted by atomic mass is 28.4. The van der Waals surface area contributed by atoms with Crippen LogP contribution < -0.4 is 0 Å².